The van der Waals surface area contributed by atoms with Crippen molar-refractivity contribution in [2.45, 2.75) is 17.2 Å². The van der Waals surface area contributed by atoms with Gasteiger partial charge in [-0.25, -0.2) is 4.99 Å². The van der Waals surface area contributed by atoms with Gasteiger partial charge in [-0.05, 0) is 19.1 Å². The van der Waals surface area contributed by atoms with Crippen LogP contribution in [0.5, 0.6) is 0 Å². The summed E-state index contributed by atoms with van der Waals surface area (Å²) in [6.45, 7) is 1.34. The minimum Gasteiger partial charge on any atom is -0.291 e. The molecule has 0 spiro atoms. The molecule has 2 unspecified atom stereocenters. The van der Waals surface area contributed by atoms with E-state index in [0.29, 0.717) is 0 Å². The molecular weight excluding hydrogens is 402 g/mol. The Morgan fingerprint density at radius 3 is 2.29 bits per heavy atom. The lowest BCUT2D eigenvalue weighted by Gasteiger charge is -2.31. The van der Waals surface area contributed by atoms with Crippen LogP contribution < -0.4 is 0 Å². The van der Waals surface area contributed by atoms with Crippen LogP contribution in [0.25, 0.3) is 0 Å². The van der Waals surface area contributed by atoms with Gasteiger partial charge < -0.3 is 0 Å². The number of nitro benzene ring substituents is 1. The standard InChI is InChI=1S/C14H8Cl4N2O4/c1-14(18)11(17)10(8(15)9(16)12(14)21)19-13(22)6-2-4-7(5-3-6)20(23)24/h2-5,11H,1H3. The first-order chi connectivity index (χ1) is 11.1. The van der Waals surface area contributed by atoms with Crippen molar-refractivity contribution in [3.05, 3.63) is 50.0 Å². The molecule has 2 rings (SSSR count). The summed E-state index contributed by atoms with van der Waals surface area (Å²) in [4.78, 5) is 36.4. The summed E-state index contributed by atoms with van der Waals surface area (Å²) in [5.74, 6) is -1.42. The Labute approximate surface area is 156 Å². The summed E-state index contributed by atoms with van der Waals surface area (Å²) in [6.07, 6.45) is 0. The normalized spacial score (nSPS) is 26.0. The lowest BCUT2D eigenvalue weighted by atomic mass is 9.91. The molecule has 1 amide bonds. The highest BCUT2D eigenvalue weighted by molar-refractivity contribution is 6.65. The number of halogens is 4. The number of alkyl halides is 2. The molecule has 1 aromatic rings. The van der Waals surface area contributed by atoms with Crippen molar-refractivity contribution >= 4 is 69.5 Å². The van der Waals surface area contributed by atoms with E-state index in [0.717, 1.165) is 12.1 Å². The van der Waals surface area contributed by atoms with E-state index >= 15 is 0 Å². The van der Waals surface area contributed by atoms with E-state index in [4.69, 9.17) is 46.4 Å². The van der Waals surface area contributed by atoms with E-state index in [1.807, 2.05) is 0 Å². The summed E-state index contributed by atoms with van der Waals surface area (Å²) in [6, 6.07) is 4.79. The molecule has 6 nitrogen and oxygen atoms in total. The Bertz CT molecular complexity index is 799. The van der Waals surface area contributed by atoms with E-state index < -0.39 is 26.9 Å². The van der Waals surface area contributed by atoms with E-state index in [2.05, 4.69) is 4.99 Å². The van der Waals surface area contributed by atoms with E-state index in [9.17, 15) is 19.7 Å². The number of hydrogen-bond donors (Lipinski definition) is 0. The van der Waals surface area contributed by atoms with Crippen molar-refractivity contribution in [2.75, 3.05) is 0 Å². The number of Topliss-reactive ketones (excluding diaryl/α,β-unsaturated/α-hetero) is 1. The van der Waals surface area contributed by atoms with Crippen molar-refractivity contribution in [1.29, 1.82) is 0 Å². The van der Waals surface area contributed by atoms with Crippen molar-refractivity contribution in [3.8, 4) is 0 Å². The molecule has 0 fully saturated rings. The summed E-state index contributed by atoms with van der Waals surface area (Å²) in [5.41, 5.74) is -0.235. The van der Waals surface area contributed by atoms with Crippen LogP contribution in [0.15, 0.2) is 39.3 Å². The molecule has 0 bridgehead atoms. The van der Waals surface area contributed by atoms with Crippen LogP contribution in [0.4, 0.5) is 5.69 Å². The molecule has 0 aromatic heterocycles. The molecule has 0 saturated heterocycles. The Balaban J connectivity index is 2.43. The van der Waals surface area contributed by atoms with Gasteiger partial charge in [0.2, 0.25) is 0 Å². The number of amides is 1. The number of non-ortho nitro benzene ring substituents is 1. The predicted octanol–water partition coefficient (Wildman–Crippen LogP) is 4.05. The molecule has 0 radical (unpaired) electrons. The molecule has 0 heterocycles. The molecule has 0 saturated carbocycles. The Kier molecular flexibility index (Phi) is 5.34. The second-order valence-corrected chi connectivity index (χ2v) is 6.98. The molecular formula is C14H8Cl4N2O4. The number of carbonyl (C=O) groups is 2. The molecule has 2 atom stereocenters. The molecule has 24 heavy (non-hydrogen) atoms. The molecule has 0 aliphatic heterocycles. The van der Waals surface area contributed by atoms with E-state index in [-0.39, 0.29) is 27.0 Å². The quantitative estimate of drug-likeness (QED) is 0.418. The van der Waals surface area contributed by atoms with Gasteiger partial charge in [-0.15, -0.1) is 23.2 Å². The number of aliphatic imine (C=N–C) groups is 1. The highest BCUT2D eigenvalue weighted by atomic mass is 35.5. The largest absolute Gasteiger partial charge is 0.291 e. The molecule has 10 heteroatoms. The topological polar surface area (TPSA) is 89.6 Å². The average molecular weight is 410 g/mol. The van der Waals surface area contributed by atoms with Gasteiger partial charge in [0.15, 0.2) is 5.78 Å². The van der Waals surface area contributed by atoms with Crippen molar-refractivity contribution in [2.24, 2.45) is 4.99 Å². The van der Waals surface area contributed by atoms with Crippen LogP contribution >= 0.6 is 46.4 Å². The number of allylic oxidation sites excluding steroid dienone is 2. The molecule has 126 valence electrons. The molecule has 1 aliphatic carbocycles. The second kappa shape index (κ2) is 6.80. The fourth-order valence-corrected chi connectivity index (χ4v) is 3.00. The summed E-state index contributed by atoms with van der Waals surface area (Å²) in [7, 11) is 0. The third kappa shape index (κ3) is 3.32. The minimum atomic E-state index is -1.61. The molecule has 1 aliphatic rings. The fraction of sp³-hybridized carbons (Fsp3) is 0.214. The van der Waals surface area contributed by atoms with Gasteiger partial charge in [-0.2, -0.15) is 0 Å². The van der Waals surface area contributed by atoms with Gasteiger partial charge in [0.25, 0.3) is 11.6 Å². The van der Waals surface area contributed by atoms with Crippen LogP contribution in [0.3, 0.4) is 0 Å². The average Bonchev–Trinajstić information content (AvgIpc) is 2.55. The van der Waals surface area contributed by atoms with Crippen molar-refractivity contribution in [3.63, 3.8) is 0 Å². The Hall–Kier alpha value is -1.47. The number of nitro groups is 1. The van der Waals surface area contributed by atoms with Gasteiger partial charge >= 0.3 is 0 Å². The van der Waals surface area contributed by atoms with Crippen LogP contribution in [0, 0.1) is 10.1 Å². The number of benzene rings is 1. The summed E-state index contributed by atoms with van der Waals surface area (Å²) >= 11 is 24.0. The first-order valence-electron chi connectivity index (χ1n) is 6.38. The van der Waals surface area contributed by atoms with Gasteiger partial charge in [-0.3, -0.25) is 19.7 Å². The highest BCUT2D eigenvalue weighted by Gasteiger charge is 2.48. The van der Waals surface area contributed by atoms with Gasteiger partial charge in [0.1, 0.15) is 15.3 Å². The number of ketones is 1. The third-order valence-electron chi connectivity index (χ3n) is 3.32. The van der Waals surface area contributed by atoms with Crippen LogP contribution in [-0.4, -0.2) is 32.6 Å². The minimum absolute atomic E-state index is 0.0748. The smallest absolute Gasteiger partial charge is 0.277 e. The predicted molar refractivity (Wildman–Crippen MR) is 92.5 cm³/mol. The Morgan fingerprint density at radius 1 is 1.25 bits per heavy atom. The van der Waals surface area contributed by atoms with Crippen LogP contribution in [0.1, 0.15) is 17.3 Å². The zero-order valence-electron chi connectivity index (χ0n) is 11.9. The lowest BCUT2D eigenvalue weighted by molar-refractivity contribution is -0.384. The zero-order valence-corrected chi connectivity index (χ0v) is 14.9. The number of nitrogens with zero attached hydrogens (tertiary/aromatic N) is 2. The fourth-order valence-electron chi connectivity index (χ4n) is 1.92. The first kappa shape index (κ1) is 18.9. The summed E-state index contributed by atoms with van der Waals surface area (Å²) in [5, 5.41) is 8.82. The SMILES string of the molecule is CC1(Cl)C(=O)C(Cl)=C(Cl)C(=NC(=O)c2ccc([N+](=O)[O-])cc2)C1Cl. The summed E-state index contributed by atoms with van der Waals surface area (Å²) < 4.78 is 0. The lowest BCUT2D eigenvalue weighted by Crippen LogP contribution is -2.47. The number of hydrogen-bond acceptors (Lipinski definition) is 4. The second-order valence-electron chi connectivity index (χ2n) is 5.00. The molecule has 0 N–H and O–H groups in total. The maximum Gasteiger partial charge on any atom is 0.277 e. The Morgan fingerprint density at radius 2 is 1.79 bits per heavy atom. The van der Waals surface area contributed by atoms with E-state index in [1.54, 1.807) is 0 Å². The maximum absolute atomic E-state index is 12.2. The van der Waals surface area contributed by atoms with Gasteiger partial charge in [0, 0.05) is 17.7 Å². The van der Waals surface area contributed by atoms with Gasteiger partial charge in [-0.1, -0.05) is 23.2 Å². The maximum atomic E-state index is 12.2. The van der Waals surface area contributed by atoms with Crippen LogP contribution in [0.2, 0.25) is 0 Å². The first-order valence-corrected chi connectivity index (χ1v) is 7.95. The van der Waals surface area contributed by atoms with Crippen molar-refractivity contribution < 1.29 is 14.5 Å². The van der Waals surface area contributed by atoms with Crippen LogP contribution in [-0.2, 0) is 4.79 Å². The van der Waals surface area contributed by atoms with Gasteiger partial charge in [0.05, 0.1) is 15.7 Å². The monoisotopic (exact) mass is 408 g/mol. The van der Waals surface area contributed by atoms with Crippen molar-refractivity contribution in [1.82, 2.24) is 0 Å². The number of carbonyl (C=O) groups excluding carboxylic acids is 2. The molecule has 1 aromatic carbocycles. The van der Waals surface area contributed by atoms with E-state index in [1.165, 1.54) is 19.1 Å². The number of rotatable bonds is 2. The third-order valence-corrected chi connectivity index (χ3v) is 5.31. The zero-order chi connectivity index (χ0) is 18.2. The highest BCUT2D eigenvalue weighted by Crippen LogP contribution is 2.39.